The second kappa shape index (κ2) is 7.96. The number of aromatic nitrogens is 2. The molecule has 0 aliphatic heterocycles. The molecule has 148 valence electrons. The molecule has 30 heavy (non-hydrogen) atoms. The zero-order valence-electron chi connectivity index (χ0n) is 15.4. The van der Waals surface area contributed by atoms with Gasteiger partial charge in [0.15, 0.2) is 5.13 Å². The van der Waals surface area contributed by atoms with Crippen LogP contribution in [0.25, 0.3) is 20.3 Å². The maximum Gasteiger partial charge on any atom is 0.272 e. The van der Waals surface area contributed by atoms with Crippen molar-refractivity contribution in [3.63, 3.8) is 0 Å². The van der Waals surface area contributed by atoms with Crippen molar-refractivity contribution in [1.82, 2.24) is 9.97 Å². The summed E-state index contributed by atoms with van der Waals surface area (Å²) in [7, 11) is 0. The number of rotatable bonds is 4. The van der Waals surface area contributed by atoms with Gasteiger partial charge in [-0.3, -0.25) is 14.7 Å². The van der Waals surface area contributed by atoms with Gasteiger partial charge in [-0.25, -0.2) is 4.98 Å². The van der Waals surface area contributed by atoms with E-state index in [9.17, 15) is 4.79 Å². The number of thiazole rings is 1. The second-order valence-corrected chi connectivity index (χ2v) is 9.38. The van der Waals surface area contributed by atoms with Crippen molar-refractivity contribution < 1.29 is 4.79 Å². The highest BCUT2D eigenvalue weighted by Gasteiger charge is 2.27. The van der Waals surface area contributed by atoms with E-state index in [1.807, 2.05) is 54.6 Å². The van der Waals surface area contributed by atoms with E-state index in [1.165, 1.54) is 22.7 Å². The third-order valence-corrected chi connectivity index (χ3v) is 7.62. The molecule has 1 amide bonds. The molecule has 5 aromatic rings. The Bertz CT molecular complexity index is 1380. The summed E-state index contributed by atoms with van der Waals surface area (Å²) >= 11 is 15.7. The maximum atomic E-state index is 13.7. The quantitative estimate of drug-likeness (QED) is 0.283. The van der Waals surface area contributed by atoms with Crippen LogP contribution in [0.5, 0.6) is 0 Å². The number of carbonyl (C=O) groups excluding carboxylic acids is 1. The van der Waals surface area contributed by atoms with E-state index in [-0.39, 0.29) is 12.5 Å². The summed E-state index contributed by atoms with van der Waals surface area (Å²) < 4.78 is 1.88. The topological polar surface area (TPSA) is 46.1 Å². The first-order valence-electron chi connectivity index (χ1n) is 9.05. The van der Waals surface area contributed by atoms with E-state index in [4.69, 9.17) is 23.2 Å². The number of nitrogens with zero attached hydrogens (tertiary/aromatic N) is 3. The van der Waals surface area contributed by atoms with Crippen molar-refractivity contribution >= 4 is 77.2 Å². The lowest BCUT2D eigenvalue weighted by molar-refractivity contribution is 0.0989. The highest BCUT2D eigenvalue weighted by molar-refractivity contribution is 7.23. The molecule has 0 unspecified atom stereocenters. The largest absolute Gasteiger partial charge is 0.277 e. The number of halogens is 2. The Balaban J connectivity index is 1.63. The number of fused-ring (bicyclic) bond motifs is 2. The number of pyridine rings is 1. The van der Waals surface area contributed by atoms with Crippen molar-refractivity contribution in [2.45, 2.75) is 6.54 Å². The zero-order valence-corrected chi connectivity index (χ0v) is 18.5. The smallest absolute Gasteiger partial charge is 0.272 e. The first kappa shape index (κ1) is 19.5. The summed E-state index contributed by atoms with van der Waals surface area (Å²) in [5, 5.41) is 2.45. The predicted molar refractivity (Wildman–Crippen MR) is 126 cm³/mol. The molecule has 2 aromatic carbocycles. The Kier molecular flexibility index (Phi) is 5.16. The summed E-state index contributed by atoms with van der Waals surface area (Å²) in [5.41, 5.74) is 1.44. The van der Waals surface area contributed by atoms with E-state index < -0.39 is 0 Å². The van der Waals surface area contributed by atoms with Gasteiger partial charge in [-0.05, 0) is 30.3 Å². The van der Waals surface area contributed by atoms with Crippen LogP contribution in [0.3, 0.4) is 0 Å². The fraction of sp³-hybridized carbons (Fsp3) is 0.0455. The van der Waals surface area contributed by atoms with Gasteiger partial charge in [0, 0.05) is 16.3 Å². The molecule has 0 saturated carbocycles. The molecule has 0 N–H and O–H groups in total. The van der Waals surface area contributed by atoms with Crippen molar-refractivity contribution in [3.05, 3.63) is 87.5 Å². The first-order valence-corrected chi connectivity index (χ1v) is 11.4. The van der Waals surface area contributed by atoms with Crippen LogP contribution in [0.15, 0.2) is 66.9 Å². The lowest BCUT2D eigenvalue weighted by Crippen LogP contribution is -2.30. The molecule has 0 aliphatic carbocycles. The standard InChI is InChI=1S/C22H13Cl2N3OS2/c23-15-8-5-10-17-19(15)26-22(30-17)27(12-13-6-3-4-11-25-13)21(28)20-18(24)14-7-1-2-9-16(14)29-20/h1-11H,12H2. The summed E-state index contributed by atoms with van der Waals surface area (Å²) in [5.74, 6) is -0.206. The number of hydrogen-bond donors (Lipinski definition) is 0. The fourth-order valence-electron chi connectivity index (χ4n) is 3.17. The number of benzene rings is 2. The van der Waals surface area contributed by atoms with Crippen molar-refractivity contribution in [3.8, 4) is 0 Å². The van der Waals surface area contributed by atoms with Gasteiger partial charge in [0.2, 0.25) is 0 Å². The normalized spacial score (nSPS) is 11.3. The van der Waals surface area contributed by atoms with Crippen molar-refractivity contribution in [2.75, 3.05) is 4.90 Å². The van der Waals surface area contributed by atoms with Gasteiger partial charge in [0.1, 0.15) is 10.4 Å². The highest BCUT2D eigenvalue weighted by Crippen LogP contribution is 2.39. The molecule has 0 saturated heterocycles. The third-order valence-electron chi connectivity index (χ3n) is 4.61. The lowest BCUT2D eigenvalue weighted by Gasteiger charge is -2.19. The summed E-state index contributed by atoms with van der Waals surface area (Å²) in [6.45, 7) is 0.279. The summed E-state index contributed by atoms with van der Waals surface area (Å²) in [4.78, 5) is 24.8. The van der Waals surface area contributed by atoms with E-state index in [2.05, 4.69) is 9.97 Å². The van der Waals surface area contributed by atoms with Crippen LogP contribution in [-0.2, 0) is 6.54 Å². The first-order chi connectivity index (χ1) is 14.6. The molecule has 4 nitrogen and oxygen atoms in total. The monoisotopic (exact) mass is 469 g/mol. The maximum absolute atomic E-state index is 13.7. The van der Waals surface area contributed by atoms with Crippen LogP contribution in [0.1, 0.15) is 15.4 Å². The van der Waals surface area contributed by atoms with Gasteiger partial charge in [-0.15, -0.1) is 11.3 Å². The molecule has 0 aliphatic rings. The number of anilines is 1. The van der Waals surface area contributed by atoms with Crippen LogP contribution in [0, 0.1) is 0 Å². The zero-order chi connectivity index (χ0) is 20.7. The Morgan fingerprint density at radius 2 is 1.73 bits per heavy atom. The molecule has 8 heteroatoms. The van der Waals surface area contributed by atoms with E-state index in [1.54, 1.807) is 17.2 Å². The molecule has 0 atom stereocenters. The van der Waals surface area contributed by atoms with E-state index in [0.29, 0.717) is 25.6 Å². The molecule has 3 aromatic heterocycles. The number of thiophene rings is 1. The van der Waals surface area contributed by atoms with Gasteiger partial charge in [0.05, 0.1) is 27.0 Å². The van der Waals surface area contributed by atoms with Crippen molar-refractivity contribution in [2.24, 2.45) is 0 Å². The van der Waals surface area contributed by atoms with Crippen LogP contribution in [0.2, 0.25) is 10.0 Å². The van der Waals surface area contributed by atoms with E-state index >= 15 is 0 Å². The summed E-state index contributed by atoms with van der Waals surface area (Å²) in [6, 6.07) is 19.0. The van der Waals surface area contributed by atoms with Crippen LogP contribution >= 0.6 is 45.9 Å². The highest BCUT2D eigenvalue weighted by atomic mass is 35.5. The Labute approximate surface area is 190 Å². The number of para-hydroxylation sites is 1. The number of hydrogen-bond acceptors (Lipinski definition) is 5. The van der Waals surface area contributed by atoms with Crippen molar-refractivity contribution in [1.29, 1.82) is 0 Å². The van der Waals surface area contributed by atoms with Gasteiger partial charge in [-0.2, -0.15) is 0 Å². The molecular weight excluding hydrogens is 457 g/mol. The van der Waals surface area contributed by atoms with Crippen LogP contribution in [0.4, 0.5) is 5.13 Å². The minimum atomic E-state index is -0.206. The lowest BCUT2D eigenvalue weighted by atomic mass is 10.2. The van der Waals surface area contributed by atoms with Gasteiger partial charge in [0.25, 0.3) is 5.91 Å². The molecule has 0 spiro atoms. The predicted octanol–water partition coefficient (Wildman–Crippen LogP) is 7.06. The van der Waals surface area contributed by atoms with Gasteiger partial charge in [-0.1, -0.05) is 64.9 Å². The Morgan fingerprint density at radius 3 is 2.50 bits per heavy atom. The molecule has 5 rings (SSSR count). The molecule has 0 radical (unpaired) electrons. The molecule has 3 heterocycles. The number of carbonyl (C=O) groups is 1. The van der Waals surface area contributed by atoms with E-state index in [0.717, 1.165) is 20.5 Å². The minimum absolute atomic E-state index is 0.206. The number of amides is 1. The average Bonchev–Trinajstić information content (AvgIpc) is 3.35. The minimum Gasteiger partial charge on any atom is -0.277 e. The average molecular weight is 470 g/mol. The Hall–Kier alpha value is -2.51. The van der Waals surface area contributed by atoms with Crippen LogP contribution < -0.4 is 4.90 Å². The third kappa shape index (κ3) is 3.46. The summed E-state index contributed by atoms with van der Waals surface area (Å²) in [6.07, 6.45) is 1.71. The van der Waals surface area contributed by atoms with Crippen LogP contribution in [-0.4, -0.2) is 15.9 Å². The fourth-order valence-corrected chi connectivity index (χ4v) is 5.90. The SMILES string of the molecule is O=C(c1sc2ccccc2c1Cl)N(Cc1ccccn1)c1nc2c(Cl)cccc2s1. The second-order valence-electron chi connectivity index (χ2n) is 6.54. The van der Waals surface area contributed by atoms with Gasteiger partial charge < -0.3 is 0 Å². The molecular formula is C22H13Cl2N3OS2. The van der Waals surface area contributed by atoms with Gasteiger partial charge >= 0.3 is 0 Å². The molecule has 0 fully saturated rings. The Morgan fingerprint density at radius 1 is 0.933 bits per heavy atom. The molecule has 0 bridgehead atoms.